The topological polar surface area (TPSA) is 44.8 Å². The van der Waals surface area contributed by atoms with Gasteiger partial charge in [-0.2, -0.15) is 0 Å². The van der Waals surface area contributed by atoms with E-state index in [0.29, 0.717) is 13.0 Å². The zero-order chi connectivity index (χ0) is 12.5. The highest BCUT2D eigenvalue weighted by Gasteiger charge is 2.36. The van der Waals surface area contributed by atoms with E-state index in [4.69, 9.17) is 14.0 Å². The van der Waals surface area contributed by atoms with Crippen molar-refractivity contribution < 1.29 is 18.8 Å². The molecule has 1 heterocycles. The van der Waals surface area contributed by atoms with Crippen molar-refractivity contribution in [2.24, 2.45) is 0 Å². The van der Waals surface area contributed by atoms with Crippen molar-refractivity contribution in [2.75, 3.05) is 14.2 Å². The highest BCUT2D eigenvalue weighted by atomic mass is 16.7. The van der Waals surface area contributed by atoms with Crippen LogP contribution in [0.25, 0.3) is 0 Å². The molecule has 0 saturated heterocycles. The second-order valence-corrected chi connectivity index (χ2v) is 4.34. The van der Waals surface area contributed by atoms with E-state index in [-0.39, 0.29) is 5.78 Å². The molecule has 0 radical (unpaired) electrons. The molecule has 0 aliphatic carbocycles. The molecule has 0 aromatic heterocycles. The molecule has 1 aromatic carbocycles. The minimum Gasteiger partial charge on any atom is -0.543 e. The fourth-order valence-corrected chi connectivity index (χ4v) is 2.28. The Hall–Kier alpha value is -1.17. The van der Waals surface area contributed by atoms with Gasteiger partial charge in [-0.15, -0.1) is 5.46 Å². The number of ketones is 1. The van der Waals surface area contributed by atoms with E-state index < -0.39 is 6.75 Å². The van der Waals surface area contributed by atoms with Crippen molar-refractivity contribution in [3.8, 4) is 0 Å². The van der Waals surface area contributed by atoms with Crippen molar-refractivity contribution in [3.05, 3.63) is 29.3 Å². The summed E-state index contributed by atoms with van der Waals surface area (Å²) in [5.74, 6) is 0.136. The first-order valence-corrected chi connectivity index (χ1v) is 5.60. The Kier molecular flexibility index (Phi) is 3.33. The Morgan fingerprint density at radius 3 is 2.71 bits per heavy atom. The van der Waals surface area contributed by atoms with Crippen LogP contribution in [0.3, 0.4) is 0 Å². The van der Waals surface area contributed by atoms with Crippen LogP contribution >= 0.6 is 0 Å². The molecule has 0 fully saturated rings. The van der Waals surface area contributed by atoms with Crippen molar-refractivity contribution in [2.45, 2.75) is 20.0 Å². The van der Waals surface area contributed by atoms with Gasteiger partial charge in [0.1, 0.15) is 5.78 Å². The first-order valence-electron chi connectivity index (χ1n) is 5.60. The molecule has 5 heteroatoms. The van der Waals surface area contributed by atoms with Gasteiger partial charge >= 0.3 is 6.75 Å². The summed E-state index contributed by atoms with van der Waals surface area (Å²) in [7, 11) is 3.13. The minimum atomic E-state index is -1.83. The van der Waals surface area contributed by atoms with Gasteiger partial charge in [0.15, 0.2) is 0 Å². The van der Waals surface area contributed by atoms with Crippen LogP contribution in [0.2, 0.25) is 0 Å². The Balaban J connectivity index is 2.39. The molecule has 1 aromatic rings. The van der Waals surface area contributed by atoms with Gasteiger partial charge in [-0.1, -0.05) is 23.8 Å². The van der Waals surface area contributed by atoms with Crippen LogP contribution in [0.1, 0.15) is 18.1 Å². The van der Waals surface area contributed by atoms with Crippen LogP contribution in [0.5, 0.6) is 0 Å². The van der Waals surface area contributed by atoms with E-state index in [2.05, 4.69) is 0 Å². The summed E-state index contributed by atoms with van der Waals surface area (Å²) in [6.07, 6.45) is 0.423. The summed E-state index contributed by atoms with van der Waals surface area (Å²) in [4.78, 5) is 11.1. The molecular weight excluding hydrogens is 219 g/mol. The zero-order valence-corrected chi connectivity index (χ0v) is 10.4. The van der Waals surface area contributed by atoms with E-state index in [9.17, 15) is 4.79 Å². The molecule has 0 atom stereocenters. The number of carbonyl (C=O) groups excluding carboxylic acids is 1. The second kappa shape index (κ2) is 4.60. The molecule has 92 valence electrons. The van der Waals surface area contributed by atoms with Gasteiger partial charge < -0.3 is 14.0 Å². The summed E-state index contributed by atoms with van der Waals surface area (Å²) in [5.41, 5.74) is 2.93. The third-order valence-corrected chi connectivity index (χ3v) is 3.12. The lowest BCUT2D eigenvalue weighted by Crippen LogP contribution is -2.51. The number of hydrogen-bond donors (Lipinski definition) is 0. The summed E-state index contributed by atoms with van der Waals surface area (Å²) in [6.45, 7) is 0.231. The molecule has 2 rings (SSSR count). The molecule has 1 aliphatic rings. The molecule has 0 spiro atoms. The number of rotatable bonds is 4. The lowest BCUT2D eigenvalue weighted by atomic mass is 9.69. The van der Waals surface area contributed by atoms with E-state index >= 15 is 0 Å². The van der Waals surface area contributed by atoms with Crippen LogP contribution in [0.4, 0.5) is 0 Å². The fourth-order valence-electron chi connectivity index (χ4n) is 2.28. The summed E-state index contributed by atoms with van der Waals surface area (Å²) in [5, 5.41) is 0. The highest BCUT2D eigenvalue weighted by Crippen LogP contribution is 2.21. The fraction of sp³-hybridized carbons (Fsp3) is 0.417. The van der Waals surface area contributed by atoms with Crippen molar-refractivity contribution in [1.82, 2.24) is 0 Å². The van der Waals surface area contributed by atoms with E-state index in [0.717, 1.165) is 16.6 Å². The quantitative estimate of drug-likeness (QED) is 0.723. The predicted octanol–water partition coefficient (Wildman–Crippen LogP) is 0.787. The standard InChI is InChI=1S/C12H16BO4/c1-9(14)6-10-4-5-11-8-17-13(15-2,16-3)12(11)7-10/h4-5,7H,6,8H2,1-3H3/q-1. The lowest BCUT2D eigenvalue weighted by molar-refractivity contribution is -0.116. The van der Waals surface area contributed by atoms with Gasteiger partial charge in [0.05, 0.1) is 0 Å². The van der Waals surface area contributed by atoms with Crippen molar-refractivity contribution in [3.63, 3.8) is 0 Å². The maximum absolute atomic E-state index is 11.1. The van der Waals surface area contributed by atoms with Crippen molar-refractivity contribution in [1.29, 1.82) is 0 Å². The average Bonchev–Trinajstić information content (AvgIpc) is 2.67. The molecule has 17 heavy (non-hydrogen) atoms. The van der Waals surface area contributed by atoms with Gasteiger partial charge in [-0.3, -0.25) is 4.79 Å². The Morgan fingerprint density at radius 1 is 1.41 bits per heavy atom. The average molecular weight is 235 g/mol. The number of hydrogen-bond acceptors (Lipinski definition) is 4. The van der Waals surface area contributed by atoms with Crippen LogP contribution in [-0.4, -0.2) is 26.8 Å². The molecule has 0 amide bonds. The maximum atomic E-state index is 11.1. The first kappa shape index (κ1) is 12.3. The summed E-state index contributed by atoms with van der Waals surface area (Å²) < 4.78 is 16.3. The highest BCUT2D eigenvalue weighted by molar-refractivity contribution is 6.76. The van der Waals surface area contributed by atoms with E-state index in [1.165, 1.54) is 0 Å². The van der Waals surface area contributed by atoms with Crippen LogP contribution in [-0.2, 0) is 31.8 Å². The Bertz CT molecular complexity index is 440. The normalized spacial score (nSPS) is 16.9. The van der Waals surface area contributed by atoms with Crippen LogP contribution < -0.4 is 5.46 Å². The van der Waals surface area contributed by atoms with Crippen LogP contribution in [0, 0.1) is 0 Å². The Morgan fingerprint density at radius 2 is 2.12 bits per heavy atom. The van der Waals surface area contributed by atoms with Crippen LogP contribution in [0.15, 0.2) is 18.2 Å². The second-order valence-electron chi connectivity index (χ2n) is 4.34. The zero-order valence-electron chi connectivity index (χ0n) is 10.4. The molecule has 0 unspecified atom stereocenters. The SMILES string of the molecule is CO[B-]1(OC)OCc2ccc(CC(C)=O)cc21. The lowest BCUT2D eigenvalue weighted by Gasteiger charge is -2.34. The Labute approximate surface area is 101 Å². The third kappa shape index (κ3) is 2.13. The summed E-state index contributed by atoms with van der Waals surface area (Å²) >= 11 is 0. The van der Waals surface area contributed by atoms with Gasteiger partial charge in [0, 0.05) is 13.0 Å². The van der Waals surface area contributed by atoms with Crippen molar-refractivity contribution >= 4 is 18.0 Å². The number of benzene rings is 1. The monoisotopic (exact) mass is 235 g/mol. The number of fused-ring (bicyclic) bond motifs is 1. The summed E-state index contributed by atoms with van der Waals surface area (Å²) in [6, 6.07) is 5.85. The smallest absolute Gasteiger partial charge is 0.409 e. The largest absolute Gasteiger partial charge is 0.543 e. The van der Waals surface area contributed by atoms with Gasteiger partial charge in [-0.05, 0) is 26.7 Å². The molecule has 0 bridgehead atoms. The van der Waals surface area contributed by atoms with E-state index in [1.807, 2.05) is 18.2 Å². The first-order chi connectivity index (χ1) is 8.11. The third-order valence-electron chi connectivity index (χ3n) is 3.12. The maximum Gasteiger partial charge on any atom is 0.409 e. The minimum absolute atomic E-state index is 0.136. The number of Topliss-reactive ketones (excluding diaryl/α,β-unsaturated/α-hetero) is 1. The number of carbonyl (C=O) groups is 1. The molecule has 4 nitrogen and oxygen atoms in total. The predicted molar refractivity (Wildman–Crippen MR) is 65.0 cm³/mol. The molecule has 0 saturated carbocycles. The molecular formula is C12H16BO4-. The molecule has 0 N–H and O–H groups in total. The van der Waals surface area contributed by atoms with Gasteiger partial charge in [0.25, 0.3) is 0 Å². The van der Waals surface area contributed by atoms with Gasteiger partial charge in [0.2, 0.25) is 0 Å². The van der Waals surface area contributed by atoms with E-state index in [1.54, 1.807) is 21.1 Å². The molecule has 1 aliphatic heterocycles. The van der Waals surface area contributed by atoms with Gasteiger partial charge in [-0.25, -0.2) is 0 Å².